The molecule has 1 aliphatic heterocycles. The van der Waals surface area contributed by atoms with Crippen LogP contribution in [-0.2, 0) is 0 Å². The highest BCUT2D eigenvalue weighted by atomic mass is 15.3. The van der Waals surface area contributed by atoms with E-state index in [1.807, 2.05) is 0 Å². The first-order chi connectivity index (χ1) is 10.0. The Labute approximate surface area is 130 Å². The molecule has 2 rings (SSSR count). The van der Waals surface area contributed by atoms with E-state index in [0.717, 1.165) is 19.0 Å². The van der Waals surface area contributed by atoms with Crippen LogP contribution >= 0.6 is 0 Å². The first-order valence-electron chi connectivity index (χ1n) is 8.25. The highest BCUT2D eigenvalue weighted by molar-refractivity contribution is 5.33. The van der Waals surface area contributed by atoms with Crippen molar-refractivity contribution in [3.05, 3.63) is 34.9 Å². The van der Waals surface area contributed by atoms with Crippen molar-refractivity contribution in [2.45, 2.75) is 33.7 Å². The molecule has 0 saturated carbocycles. The molecular weight excluding hydrogens is 258 g/mol. The normalized spacial score (nSPS) is 19.1. The Balaban J connectivity index is 2.02. The van der Waals surface area contributed by atoms with Gasteiger partial charge in [-0.15, -0.1) is 0 Å². The maximum absolute atomic E-state index is 6.10. The molecule has 1 heterocycles. The summed E-state index contributed by atoms with van der Waals surface area (Å²) in [4.78, 5) is 5.14. The Hall–Kier alpha value is -0.900. The van der Waals surface area contributed by atoms with Crippen molar-refractivity contribution in [2.24, 2.45) is 11.7 Å². The van der Waals surface area contributed by atoms with Crippen LogP contribution in [0.2, 0.25) is 0 Å². The van der Waals surface area contributed by atoms with Crippen molar-refractivity contribution in [2.75, 3.05) is 39.3 Å². The molecule has 21 heavy (non-hydrogen) atoms. The molecule has 1 saturated heterocycles. The van der Waals surface area contributed by atoms with E-state index < -0.39 is 0 Å². The van der Waals surface area contributed by atoms with Crippen LogP contribution in [0.5, 0.6) is 0 Å². The summed E-state index contributed by atoms with van der Waals surface area (Å²) >= 11 is 0. The summed E-state index contributed by atoms with van der Waals surface area (Å²) in [5, 5.41) is 0. The van der Waals surface area contributed by atoms with Crippen LogP contribution in [0.3, 0.4) is 0 Å². The first kappa shape index (κ1) is 16.5. The lowest BCUT2D eigenvalue weighted by molar-refractivity contribution is 0.0910. The standard InChI is InChI=1S/C18H31N3/c1-14(2)13-20-7-9-21(10-8-20)18(12-19)17-6-5-15(3)11-16(17)4/h5-6,11,14,18H,7-10,12-13,19H2,1-4H3. The molecule has 1 atom stereocenters. The molecular formula is C18H31N3. The van der Waals surface area contributed by atoms with Crippen LogP contribution in [0, 0.1) is 19.8 Å². The molecule has 0 aromatic heterocycles. The van der Waals surface area contributed by atoms with Gasteiger partial charge < -0.3 is 10.6 Å². The van der Waals surface area contributed by atoms with Gasteiger partial charge in [0.1, 0.15) is 0 Å². The second-order valence-electron chi connectivity index (χ2n) is 6.84. The Morgan fingerprint density at radius 2 is 1.76 bits per heavy atom. The Morgan fingerprint density at radius 1 is 1.10 bits per heavy atom. The smallest absolute Gasteiger partial charge is 0.0474 e. The molecule has 1 aromatic carbocycles. The lowest BCUT2D eigenvalue weighted by Crippen LogP contribution is -2.49. The van der Waals surface area contributed by atoms with Crippen molar-refractivity contribution in [1.29, 1.82) is 0 Å². The van der Waals surface area contributed by atoms with Gasteiger partial charge in [0.2, 0.25) is 0 Å². The fraction of sp³-hybridized carbons (Fsp3) is 0.667. The topological polar surface area (TPSA) is 32.5 Å². The van der Waals surface area contributed by atoms with Gasteiger partial charge in [0, 0.05) is 45.3 Å². The maximum atomic E-state index is 6.10. The quantitative estimate of drug-likeness (QED) is 0.904. The molecule has 3 heteroatoms. The monoisotopic (exact) mass is 289 g/mol. The van der Waals surface area contributed by atoms with Crippen LogP contribution in [0.25, 0.3) is 0 Å². The van der Waals surface area contributed by atoms with Crippen LogP contribution in [0.4, 0.5) is 0 Å². The molecule has 0 spiro atoms. The van der Waals surface area contributed by atoms with Crippen molar-refractivity contribution in [3.63, 3.8) is 0 Å². The van der Waals surface area contributed by atoms with E-state index in [1.54, 1.807) is 0 Å². The minimum Gasteiger partial charge on any atom is -0.329 e. The predicted octanol–water partition coefficient (Wildman–Crippen LogP) is 2.58. The summed E-state index contributed by atoms with van der Waals surface area (Å²) in [5.74, 6) is 0.751. The van der Waals surface area contributed by atoms with Crippen LogP contribution in [0.15, 0.2) is 18.2 Å². The highest BCUT2D eigenvalue weighted by Gasteiger charge is 2.25. The number of hydrogen-bond acceptors (Lipinski definition) is 3. The fourth-order valence-corrected chi connectivity index (χ4v) is 3.45. The van der Waals surface area contributed by atoms with E-state index in [2.05, 4.69) is 55.7 Å². The van der Waals surface area contributed by atoms with Gasteiger partial charge in [0.25, 0.3) is 0 Å². The second-order valence-corrected chi connectivity index (χ2v) is 6.84. The molecule has 1 unspecified atom stereocenters. The van der Waals surface area contributed by atoms with Gasteiger partial charge in [-0.3, -0.25) is 4.90 Å². The molecule has 118 valence electrons. The van der Waals surface area contributed by atoms with Gasteiger partial charge in [0.15, 0.2) is 0 Å². The van der Waals surface area contributed by atoms with Crippen LogP contribution < -0.4 is 5.73 Å². The third-order valence-corrected chi connectivity index (χ3v) is 4.48. The molecule has 1 aliphatic rings. The van der Waals surface area contributed by atoms with Gasteiger partial charge in [0.05, 0.1) is 0 Å². The van der Waals surface area contributed by atoms with Gasteiger partial charge in [-0.25, -0.2) is 0 Å². The minimum absolute atomic E-state index is 0.367. The second kappa shape index (κ2) is 7.39. The van der Waals surface area contributed by atoms with E-state index in [1.165, 1.54) is 36.3 Å². The van der Waals surface area contributed by atoms with Crippen LogP contribution in [-0.4, -0.2) is 49.1 Å². The molecule has 0 amide bonds. The Kier molecular flexibility index (Phi) is 5.80. The van der Waals surface area contributed by atoms with Gasteiger partial charge >= 0.3 is 0 Å². The zero-order valence-corrected chi connectivity index (χ0v) is 14.1. The number of rotatable bonds is 5. The third-order valence-electron chi connectivity index (χ3n) is 4.48. The maximum Gasteiger partial charge on any atom is 0.0474 e. The summed E-state index contributed by atoms with van der Waals surface area (Å²) in [5.41, 5.74) is 10.2. The molecule has 1 fully saturated rings. The van der Waals surface area contributed by atoms with Crippen molar-refractivity contribution in [1.82, 2.24) is 9.80 Å². The van der Waals surface area contributed by atoms with E-state index in [4.69, 9.17) is 5.73 Å². The average molecular weight is 289 g/mol. The summed E-state index contributed by atoms with van der Waals surface area (Å²) in [6.07, 6.45) is 0. The van der Waals surface area contributed by atoms with E-state index >= 15 is 0 Å². The molecule has 2 N–H and O–H groups in total. The molecule has 1 aromatic rings. The molecule has 0 aliphatic carbocycles. The van der Waals surface area contributed by atoms with Crippen molar-refractivity contribution < 1.29 is 0 Å². The summed E-state index contributed by atoms with van der Waals surface area (Å²) < 4.78 is 0. The zero-order valence-electron chi connectivity index (χ0n) is 14.1. The molecule has 3 nitrogen and oxygen atoms in total. The predicted molar refractivity (Wildman–Crippen MR) is 90.6 cm³/mol. The van der Waals surface area contributed by atoms with E-state index in [-0.39, 0.29) is 0 Å². The zero-order chi connectivity index (χ0) is 15.4. The molecule has 0 bridgehead atoms. The summed E-state index contributed by atoms with van der Waals surface area (Å²) in [6.45, 7) is 15.5. The Bertz CT molecular complexity index is 448. The van der Waals surface area contributed by atoms with Gasteiger partial charge in [-0.05, 0) is 30.9 Å². The van der Waals surface area contributed by atoms with Crippen molar-refractivity contribution in [3.8, 4) is 0 Å². The highest BCUT2D eigenvalue weighted by Crippen LogP contribution is 2.25. The first-order valence-corrected chi connectivity index (χ1v) is 8.25. The Morgan fingerprint density at radius 3 is 2.29 bits per heavy atom. The lowest BCUT2D eigenvalue weighted by Gasteiger charge is -2.40. The van der Waals surface area contributed by atoms with Crippen molar-refractivity contribution >= 4 is 0 Å². The lowest BCUT2D eigenvalue weighted by atomic mass is 9.97. The number of piperazine rings is 1. The fourth-order valence-electron chi connectivity index (χ4n) is 3.45. The number of hydrogen-bond donors (Lipinski definition) is 1. The van der Waals surface area contributed by atoms with E-state index in [0.29, 0.717) is 12.6 Å². The average Bonchev–Trinajstić information content (AvgIpc) is 2.43. The van der Waals surface area contributed by atoms with Crippen LogP contribution in [0.1, 0.15) is 36.6 Å². The number of nitrogens with two attached hydrogens (primary N) is 1. The van der Waals surface area contributed by atoms with Gasteiger partial charge in [-0.1, -0.05) is 37.6 Å². The number of aryl methyl sites for hydroxylation is 2. The summed E-state index contributed by atoms with van der Waals surface area (Å²) in [7, 11) is 0. The number of benzene rings is 1. The SMILES string of the molecule is Cc1ccc(C(CN)N2CCN(CC(C)C)CC2)c(C)c1. The van der Waals surface area contributed by atoms with E-state index in [9.17, 15) is 0 Å². The number of nitrogens with zero attached hydrogens (tertiary/aromatic N) is 2. The summed E-state index contributed by atoms with van der Waals surface area (Å²) in [6, 6.07) is 7.11. The van der Waals surface area contributed by atoms with Gasteiger partial charge in [-0.2, -0.15) is 0 Å². The minimum atomic E-state index is 0.367. The molecule has 0 radical (unpaired) electrons. The largest absolute Gasteiger partial charge is 0.329 e. The third kappa shape index (κ3) is 4.29.